The maximum Gasteiger partial charge on any atom is 0.416 e. The van der Waals surface area contributed by atoms with E-state index in [1.807, 2.05) is 0 Å². The lowest BCUT2D eigenvalue weighted by molar-refractivity contribution is -0.599. The molecule has 4 nitrogen and oxygen atoms in total. The molecule has 0 spiro atoms. The highest BCUT2D eigenvalue weighted by atomic mass is 19.4. The molecule has 2 aliphatic rings. The second-order valence-corrected chi connectivity index (χ2v) is 5.72. The summed E-state index contributed by atoms with van der Waals surface area (Å²) in [7, 11) is 0. The molecule has 0 bridgehead atoms. The van der Waals surface area contributed by atoms with Crippen molar-refractivity contribution in [2.75, 3.05) is 0 Å². The molecule has 0 saturated heterocycles. The van der Waals surface area contributed by atoms with Crippen LogP contribution in [0.1, 0.15) is 31.2 Å². The highest BCUT2D eigenvalue weighted by Crippen LogP contribution is 2.40. The fourth-order valence-electron chi connectivity index (χ4n) is 3.00. The average Bonchev–Trinajstić information content (AvgIpc) is 2.93. The van der Waals surface area contributed by atoms with E-state index in [1.165, 1.54) is 18.2 Å². The van der Waals surface area contributed by atoms with E-state index in [0.29, 0.717) is 0 Å². The van der Waals surface area contributed by atoms with Crippen molar-refractivity contribution in [2.24, 2.45) is 0 Å². The van der Waals surface area contributed by atoms with Crippen molar-refractivity contribution in [1.29, 1.82) is 0 Å². The van der Waals surface area contributed by atoms with Crippen LogP contribution >= 0.6 is 0 Å². The van der Waals surface area contributed by atoms with Gasteiger partial charge in [-0.1, -0.05) is 17.7 Å². The summed E-state index contributed by atoms with van der Waals surface area (Å²) in [6.07, 6.45) is 1.14. The van der Waals surface area contributed by atoms with Gasteiger partial charge in [0.1, 0.15) is 5.75 Å². The number of benzene rings is 1. The predicted molar refractivity (Wildman–Crippen MR) is 76.4 cm³/mol. The van der Waals surface area contributed by atoms with Gasteiger partial charge in [0.25, 0.3) is 0 Å². The van der Waals surface area contributed by atoms with Gasteiger partial charge in [0.15, 0.2) is 0 Å². The van der Waals surface area contributed by atoms with Crippen LogP contribution in [-0.4, -0.2) is 10.6 Å². The van der Waals surface area contributed by atoms with Gasteiger partial charge in [0.2, 0.25) is 0 Å². The Bertz CT molecular complexity index is 709. The normalized spacial score (nSPS) is 23.8. The molecule has 2 aliphatic carbocycles. The first kappa shape index (κ1) is 15.6. The minimum absolute atomic E-state index is 0.0715. The van der Waals surface area contributed by atoms with Crippen LogP contribution in [0.3, 0.4) is 0 Å². The first-order chi connectivity index (χ1) is 10.8. The molecule has 1 aromatic rings. The van der Waals surface area contributed by atoms with Gasteiger partial charge in [-0.3, -0.25) is 10.1 Å². The van der Waals surface area contributed by atoms with Crippen molar-refractivity contribution in [3.63, 3.8) is 0 Å². The number of ether oxygens (including phenoxy) is 1. The van der Waals surface area contributed by atoms with Crippen molar-refractivity contribution < 1.29 is 22.8 Å². The minimum Gasteiger partial charge on any atom is -0.424 e. The van der Waals surface area contributed by atoms with Gasteiger partial charge in [-0.2, -0.15) is 13.2 Å². The van der Waals surface area contributed by atoms with Crippen molar-refractivity contribution in [1.82, 2.24) is 0 Å². The second kappa shape index (κ2) is 5.40. The van der Waals surface area contributed by atoms with Crippen LogP contribution in [0.4, 0.5) is 13.2 Å². The molecular weight excluding hydrogens is 311 g/mol. The fourth-order valence-corrected chi connectivity index (χ4v) is 3.00. The van der Waals surface area contributed by atoms with E-state index in [0.717, 1.165) is 42.5 Å². The molecule has 0 radical (unpaired) electrons. The summed E-state index contributed by atoms with van der Waals surface area (Å²) in [5, 5.41) is 11.5. The lowest BCUT2D eigenvalue weighted by Crippen LogP contribution is -2.44. The quantitative estimate of drug-likeness (QED) is 0.467. The van der Waals surface area contributed by atoms with Gasteiger partial charge in [-0.25, -0.2) is 0 Å². The van der Waals surface area contributed by atoms with Crippen molar-refractivity contribution >= 4 is 0 Å². The maximum atomic E-state index is 12.8. The fraction of sp³-hybridized carbons (Fsp3) is 0.375. The first-order valence-electron chi connectivity index (χ1n) is 7.21. The third kappa shape index (κ3) is 2.95. The Labute approximate surface area is 130 Å². The van der Waals surface area contributed by atoms with Crippen LogP contribution in [0.2, 0.25) is 0 Å². The predicted octanol–water partition coefficient (Wildman–Crippen LogP) is 4.50. The highest BCUT2D eigenvalue weighted by Gasteiger charge is 2.47. The molecule has 7 heteroatoms. The van der Waals surface area contributed by atoms with E-state index in [1.54, 1.807) is 6.08 Å². The zero-order chi connectivity index (χ0) is 16.7. The van der Waals surface area contributed by atoms with Crippen molar-refractivity contribution in [3.05, 3.63) is 63.2 Å². The largest absolute Gasteiger partial charge is 0.424 e. The van der Waals surface area contributed by atoms with Crippen molar-refractivity contribution in [3.8, 4) is 5.75 Å². The summed E-state index contributed by atoms with van der Waals surface area (Å²) >= 11 is 0. The zero-order valence-corrected chi connectivity index (χ0v) is 12.1. The van der Waals surface area contributed by atoms with Gasteiger partial charge in [-0.15, -0.1) is 0 Å². The molecule has 0 N–H and O–H groups in total. The van der Waals surface area contributed by atoms with Gasteiger partial charge in [0.05, 0.1) is 16.9 Å². The molecule has 1 atom stereocenters. The molecule has 0 aliphatic heterocycles. The summed E-state index contributed by atoms with van der Waals surface area (Å²) in [5.41, 5.74) is -0.701. The lowest BCUT2D eigenvalue weighted by atomic mass is 9.93. The molecule has 3 rings (SSSR count). The van der Waals surface area contributed by atoms with Gasteiger partial charge >= 0.3 is 11.9 Å². The van der Waals surface area contributed by atoms with Crippen LogP contribution < -0.4 is 4.74 Å². The first-order valence-corrected chi connectivity index (χ1v) is 7.21. The summed E-state index contributed by atoms with van der Waals surface area (Å²) < 4.78 is 43.7. The SMILES string of the molecule is O=[N+]([O-])C1(Oc2cccc(C(F)(F)F)c2)C=CC2=C(CCC2)C1. The van der Waals surface area contributed by atoms with E-state index < -0.39 is 22.4 Å². The van der Waals surface area contributed by atoms with Crippen LogP contribution in [0.25, 0.3) is 0 Å². The third-order valence-corrected chi connectivity index (χ3v) is 4.16. The van der Waals surface area contributed by atoms with E-state index in [4.69, 9.17) is 4.74 Å². The summed E-state index contributed by atoms with van der Waals surface area (Å²) in [4.78, 5) is 11.0. The van der Waals surface area contributed by atoms with Crippen LogP contribution in [0.15, 0.2) is 47.6 Å². The van der Waals surface area contributed by atoms with E-state index in [-0.39, 0.29) is 12.2 Å². The molecule has 0 fully saturated rings. The number of nitro groups is 1. The Morgan fingerprint density at radius 3 is 2.74 bits per heavy atom. The Balaban J connectivity index is 1.90. The molecule has 122 valence electrons. The highest BCUT2D eigenvalue weighted by molar-refractivity contribution is 5.38. The second-order valence-electron chi connectivity index (χ2n) is 5.72. The third-order valence-electron chi connectivity index (χ3n) is 4.16. The molecule has 0 amide bonds. The van der Waals surface area contributed by atoms with E-state index in [2.05, 4.69) is 0 Å². The molecule has 1 aromatic carbocycles. The molecule has 0 heterocycles. The summed E-state index contributed by atoms with van der Waals surface area (Å²) in [6.45, 7) is 0. The molecular formula is C16H14F3NO3. The molecule has 0 aromatic heterocycles. The lowest BCUT2D eigenvalue weighted by Gasteiger charge is -2.27. The summed E-state index contributed by atoms with van der Waals surface area (Å²) in [5.74, 6) is -0.164. The van der Waals surface area contributed by atoms with E-state index in [9.17, 15) is 23.3 Å². The number of hydrogen-bond acceptors (Lipinski definition) is 3. The molecule has 1 unspecified atom stereocenters. The zero-order valence-electron chi connectivity index (χ0n) is 12.1. The molecule has 0 saturated carbocycles. The van der Waals surface area contributed by atoms with Crippen molar-refractivity contribution in [2.45, 2.75) is 37.6 Å². The van der Waals surface area contributed by atoms with Crippen LogP contribution in [0, 0.1) is 10.1 Å². The minimum atomic E-state index is -4.52. The smallest absolute Gasteiger partial charge is 0.416 e. The monoisotopic (exact) mass is 325 g/mol. The standard InChI is InChI=1S/C16H14F3NO3/c17-16(18,19)13-5-2-6-14(9-13)23-15(20(21)22)8-7-11-3-1-4-12(11)10-15/h2,5-9H,1,3-4,10H2. The Morgan fingerprint density at radius 1 is 1.26 bits per heavy atom. The number of rotatable bonds is 3. The van der Waals surface area contributed by atoms with Crippen LogP contribution in [-0.2, 0) is 6.18 Å². The van der Waals surface area contributed by atoms with Gasteiger partial charge in [0, 0.05) is 6.08 Å². The Kier molecular flexibility index (Phi) is 3.66. The number of allylic oxidation sites excluding steroid dienone is 2. The van der Waals surface area contributed by atoms with Crippen LogP contribution in [0.5, 0.6) is 5.75 Å². The maximum absolute atomic E-state index is 12.8. The summed E-state index contributed by atoms with van der Waals surface area (Å²) in [6, 6.07) is 4.17. The molecule has 23 heavy (non-hydrogen) atoms. The Morgan fingerprint density at radius 2 is 2.04 bits per heavy atom. The Hall–Kier alpha value is -2.31. The topological polar surface area (TPSA) is 52.4 Å². The van der Waals surface area contributed by atoms with Gasteiger partial charge in [-0.05, 0) is 43.0 Å². The number of nitrogens with zero attached hydrogens (tertiary/aromatic N) is 1. The number of hydrogen-bond donors (Lipinski definition) is 0. The average molecular weight is 325 g/mol. The number of halogens is 3. The van der Waals surface area contributed by atoms with E-state index >= 15 is 0 Å². The van der Waals surface area contributed by atoms with Gasteiger partial charge < -0.3 is 4.74 Å². The number of alkyl halides is 3.